The van der Waals surface area contributed by atoms with Gasteiger partial charge in [0.2, 0.25) is 0 Å². The number of nitrogens with one attached hydrogen (secondary N) is 1. The third-order valence-corrected chi connectivity index (χ3v) is 4.49. The Labute approximate surface area is 128 Å². The third kappa shape index (κ3) is 2.54. The van der Waals surface area contributed by atoms with E-state index in [-0.39, 0.29) is 0 Å². The van der Waals surface area contributed by atoms with E-state index in [1.807, 2.05) is 6.08 Å². The summed E-state index contributed by atoms with van der Waals surface area (Å²) in [6.07, 6.45) is 3.43. The Bertz CT molecular complexity index is 805. The molecule has 0 bridgehead atoms. The SMILES string of the molecule is C=CCNc1ncnc2scc(-c3ccc(C)c(C)c3)c12. The number of hydrogen-bond donors (Lipinski definition) is 1. The van der Waals surface area contributed by atoms with Gasteiger partial charge >= 0.3 is 0 Å². The number of aryl methyl sites for hydroxylation is 2. The van der Waals surface area contributed by atoms with Crippen LogP contribution in [0.5, 0.6) is 0 Å². The van der Waals surface area contributed by atoms with Crippen molar-refractivity contribution < 1.29 is 0 Å². The van der Waals surface area contributed by atoms with Crippen LogP contribution < -0.4 is 5.32 Å². The second kappa shape index (κ2) is 5.66. The molecule has 0 saturated carbocycles. The minimum atomic E-state index is 0.689. The van der Waals surface area contributed by atoms with Gasteiger partial charge in [0.15, 0.2) is 0 Å². The molecule has 0 atom stereocenters. The van der Waals surface area contributed by atoms with E-state index in [1.54, 1.807) is 17.7 Å². The molecule has 2 heterocycles. The third-order valence-electron chi connectivity index (χ3n) is 3.60. The molecule has 0 spiro atoms. The molecule has 2 aromatic heterocycles. The van der Waals surface area contributed by atoms with Crippen molar-refractivity contribution >= 4 is 27.4 Å². The Morgan fingerprint density at radius 1 is 1.24 bits per heavy atom. The largest absolute Gasteiger partial charge is 0.366 e. The smallest absolute Gasteiger partial charge is 0.139 e. The van der Waals surface area contributed by atoms with Crippen LogP contribution in [0.15, 0.2) is 42.6 Å². The first-order valence-corrected chi connectivity index (χ1v) is 7.73. The van der Waals surface area contributed by atoms with E-state index in [4.69, 9.17) is 0 Å². The molecule has 3 nitrogen and oxygen atoms in total. The Morgan fingerprint density at radius 2 is 2.10 bits per heavy atom. The number of fused-ring (bicyclic) bond motifs is 1. The minimum Gasteiger partial charge on any atom is -0.366 e. The number of nitrogens with zero attached hydrogens (tertiary/aromatic N) is 2. The van der Waals surface area contributed by atoms with Crippen molar-refractivity contribution in [3.05, 3.63) is 53.7 Å². The van der Waals surface area contributed by atoms with Gasteiger partial charge in [-0.25, -0.2) is 9.97 Å². The highest BCUT2D eigenvalue weighted by atomic mass is 32.1. The van der Waals surface area contributed by atoms with Crippen LogP contribution in [0.4, 0.5) is 5.82 Å². The number of aromatic nitrogens is 2. The van der Waals surface area contributed by atoms with E-state index in [9.17, 15) is 0 Å². The molecule has 0 aliphatic rings. The van der Waals surface area contributed by atoms with Crippen LogP contribution in [0.25, 0.3) is 21.3 Å². The Kier molecular flexibility index (Phi) is 3.71. The lowest BCUT2D eigenvalue weighted by Gasteiger charge is -2.08. The first-order chi connectivity index (χ1) is 10.2. The number of anilines is 1. The molecule has 0 amide bonds. The molecule has 1 N–H and O–H groups in total. The molecule has 0 radical (unpaired) electrons. The lowest BCUT2D eigenvalue weighted by atomic mass is 10.0. The summed E-state index contributed by atoms with van der Waals surface area (Å²) < 4.78 is 0. The average molecular weight is 295 g/mol. The van der Waals surface area contributed by atoms with Crippen molar-refractivity contribution in [1.82, 2.24) is 9.97 Å². The highest BCUT2D eigenvalue weighted by Gasteiger charge is 2.13. The van der Waals surface area contributed by atoms with Crippen molar-refractivity contribution in [2.45, 2.75) is 13.8 Å². The normalized spacial score (nSPS) is 10.8. The molecule has 0 saturated heterocycles. The van der Waals surface area contributed by atoms with Crippen molar-refractivity contribution in [2.24, 2.45) is 0 Å². The molecular weight excluding hydrogens is 278 g/mol. The fourth-order valence-corrected chi connectivity index (χ4v) is 3.22. The van der Waals surface area contributed by atoms with Crippen molar-refractivity contribution in [3.8, 4) is 11.1 Å². The predicted molar refractivity (Wildman–Crippen MR) is 91.0 cm³/mol. The highest BCUT2D eigenvalue weighted by molar-refractivity contribution is 7.17. The van der Waals surface area contributed by atoms with Crippen LogP contribution in [0.3, 0.4) is 0 Å². The van der Waals surface area contributed by atoms with Gasteiger partial charge in [-0.05, 0) is 30.5 Å². The molecule has 0 aliphatic carbocycles. The molecule has 0 aliphatic heterocycles. The maximum Gasteiger partial charge on any atom is 0.139 e. The van der Waals surface area contributed by atoms with E-state index < -0.39 is 0 Å². The maximum absolute atomic E-state index is 4.38. The topological polar surface area (TPSA) is 37.8 Å². The van der Waals surface area contributed by atoms with E-state index in [0.29, 0.717) is 6.54 Å². The van der Waals surface area contributed by atoms with E-state index in [0.717, 1.165) is 16.0 Å². The summed E-state index contributed by atoms with van der Waals surface area (Å²) in [5.74, 6) is 0.870. The van der Waals surface area contributed by atoms with Gasteiger partial charge in [0.25, 0.3) is 0 Å². The van der Waals surface area contributed by atoms with Crippen LogP contribution in [0, 0.1) is 13.8 Å². The van der Waals surface area contributed by atoms with Crippen molar-refractivity contribution in [2.75, 3.05) is 11.9 Å². The summed E-state index contributed by atoms with van der Waals surface area (Å²) in [6.45, 7) is 8.70. The van der Waals surface area contributed by atoms with Gasteiger partial charge in [-0.2, -0.15) is 0 Å². The maximum atomic E-state index is 4.38. The summed E-state index contributed by atoms with van der Waals surface area (Å²) in [5, 5.41) is 6.54. The molecule has 3 aromatic rings. The predicted octanol–water partition coefficient (Wildman–Crippen LogP) is 4.57. The number of hydrogen-bond acceptors (Lipinski definition) is 4. The summed E-state index contributed by atoms with van der Waals surface area (Å²) >= 11 is 1.65. The Hall–Kier alpha value is -2.20. The molecular formula is C17H17N3S. The van der Waals surface area contributed by atoms with Crippen LogP contribution in [-0.2, 0) is 0 Å². The molecule has 1 aromatic carbocycles. The standard InChI is InChI=1S/C17H17N3S/c1-4-7-18-16-15-14(9-21-17(15)20-10-19-16)13-6-5-11(2)12(3)8-13/h4-6,8-10H,1,7H2,2-3H3,(H,18,19,20). The molecule has 0 unspecified atom stereocenters. The molecule has 4 heteroatoms. The zero-order valence-corrected chi connectivity index (χ0v) is 13.0. The molecule has 106 valence electrons. The van der Waals surface area contributed by atoms with Gasteiger partial charge in [0, 0.05) is 17.5 Å². The van der Waals surface area contributed by atoms with Crippen LogP contribution in [0.1, 0.15) is 11.1 Å². The first kappa shape index (κ1) is 13.8. The fourth-order valence-electron chi connectivity index (χ4n) is 2.30. The lowest BCUT2D eigenvalue weighted by Crippen LogP contribution is -2.01. The molecule has 21 heavy (non-hydrogen) atoms. The summed E-state index contributed by atoms with van der Waals surface area (Å²) in [7, 11) is 0. The van der Waals surface area contributed by atoms with Gasteiger partial charge < -0.3 is 5.32 Å². The second-order valence-corrected chi connectivity index (χ2v) is 5.88. The second-order valence-electron chi connectivity index (χ2n) is 5.02. The monoisotopic (exact) mass is 295 g/mol. The first-order valence-electron chi connectivity index (χ1n) is 6.85. The van der Waals surface area contributed by atoms with Gasteiger partial charge in [-0.1, -0.05) is 24.3 Å². The zero-order valence-electron chi connectivity index (χ0n) is 12.2. The number of rotatable bonds is 4. The summed E-state index contributed by atoms with van der Waals surface area (Å²) in [4.78, 5) is 9.76. The highest BCUT2D eigenvalue weighted by Crippen LogP contribution is 2.36. The molecule has 3 rings (SSSR count). The quantitative estimate of drug-likeness (QED) is 0.716. The number of benzene rings is 1. The van der Waals surface area contributed by atoms with E-state index >= 15 is 0 Å². The number of thiophene rings is 1. The van der Waals surface area contributed by atoms with Gasteiger partial charge in [0.05, 0.1) is 5.39 Å². The Morgan fingerprint density at radius 3 is 2.86 bits per heavy atom. The molecule has 0 fully saturated rings. The zero-order chi connectivity index (χ0) is 14.8. The van der Waals surface area contributed by atoms with E-state index in [1.165, 1.54) is 22.3 Å². The van der Waals surface area contributed by atoms with E-state index in [2.05, 4.69) is 59.3 Å². The Balaban J connectivity index is 2.17. The van der Waals surface area contributed by atoms with Gasteiger partial charge in [-0.3, -0.25) is 0 Å². The minimum absolute atomic E-state index is 0.689. The van der Waals surface area contributed by atoms with Crippen LogP contribution in [0.2, 0.25) is 0 Å². The average Bonchev–Trinajstić information content (AvgIpc) is 2.92. The summed E-state index contributed by atoms with van der Waals surface area (Å²) in [6, 6.07) is 6.55. The summed E-state index contributed by atoms with van der Waals surface area (Å²) in [5.41, 5.74) is 5.00. The fraction of sp³-hybridized carbons (Fsp3) is 0.176. The lowest BCUT2D eigenvalue weighted by molar-refractivity contribution is 1.19. The van der Waals surface area contributed by atoms with Gasteiger partial charge in [-0.15, -0.1) is 17.9 Å². The van der Waals surface area contributed by atoms with Gasteiger partial charge in [0.1, 0.15) is 17.0 Å². The van der Waals surface area contributed by atoms with Crippen molar-refractivity contribution in [1.29, 1.82) is 0 Å². The van der Waals surface area contributed by atoms with Crippen LogP contribution in [-0.4, -0.2) is 16.5 Å². The van der Waals surface area contributed by atoms with Crippen LogP contribution >= 0.6 is 11.3 Å². The van der Waals surface area contributed by atoms with Crippen molar-refractivity contribution in [3.63, 3.8) is 0 Å².